The third-order valence-corrected chi connectivity index (χ3v) is 4.59. The van der Waals surface area contributed by atoms with Crippen LogP contribution >= 0.6 is 0 Å². The number of fused-ring (bicyclic) bond motifs is 2. The van der Waals surface area contributed by atoms with E-state index in [-0.39, 0.29) is 19.3 Å². The minimum absolute atomic E-state index is 0.174. The highest BCUT2D eigenvalue weighted by Crippen LogP contribution is 2.34. The van der Waals surface area contributed by atoms with Gasteiger partial charge in [-0.15, -0.1) is 0 Å². The van der Waals surface area contributed by atoms with Crippen molar-refractivity contribution < 1.29 is 23.4 Å². The summed E-state index contributed by atoms with van der Waals surface area (Å²) in [7, 11) is 0. The highest BCUT2D eigenvalue weighted by Gasteiger charge is 2.15. The Kier molecular flexibility index (Phi) is 4.65. The van der Waals surface area contributed by atoms with Gasteiger partial charge in [0.15, 0.2) is 18.1 Å². The van der Waals surface area contributed by atoms with Crippen molar-refractivity contribution in [3.8, 4) is 17.2 Å². The number of hydrogen-bond donors (Lipinski definition) is 1. The highest BCUT2D eigenvalue weighted by atomic mass is 16.7. The molecule has 1 aliphatic heterocycles. The van der Waals surface area contributed by atoms with Crippen molar-refractivity contribution in [3.05, 3.63) is 57.9 Å². The van der Waals surface area contributed by atoms with E-state index in [9.17, 15) is 9.59 Å². The molecule has 0 bridgehead atoms. The summed E-state index contributed by atoms with van der Waals surface area (Å²) >= 11 is 0. The van der Waals surface area contributed by atoms with E-state index >= 15 is 0 Å². The van der Waals surface area contributed by atoms with E-state index in [4.69, 9.17) is 18.6 Å². The lowest BCUT2D eigenvalue weighted by Gasteiger charge is -2.12. The molecule has 144 valence electrons. The number of benzene rings is 2. The molecule has 3 aromatic rings. The number of nitrogens with one attached hydrogen (secondary N) is 1. The fraction of sp³-hybridized carbons (Fsp3) is 0.238. The van der Waals surface area contributed by atoms with Crippen LogP contribution in [-0.2, 0) is 11.2 Å². The molecule has 0 atom stereocenters. The van der Waals surface area contributed by atoms with Gasteiger partial charge >= 0.3 is 5.63 Å². The fourth-order valence-electron chi connectivity index (χ4n) is 3.17. The van der Waals surface area contributed by atoms with Crippen LogP contribution in [0.25, 0.3) is 11.0 Å². The van der Waals surface area contributed by atoms with Gasteiger partial charge in [-0.2, -0.15) is 0 Å². The van der Waals surface area contributed by atoms with Crippen LogP contribution in [0.5, 0.6) is 17.2 Å². The number of carbonyl (C=O) groups is 1. The van der Waals surface area contributed by atoms with E-state index < -0.39 is 5.63 Å². The lowest BCUT2D eigenvalue weighted by Crippen LogP contribution is -2.20. The maximum atomic E-state index is 12.2. The third-order valence-electron chi connectivity index (χ3n) is 4.59. The second-order valence-corrected chi connectivity index (χ2v) is 6.41. The lowest BCUT2D eigenvalue weighted by atomic mass is 10.0. The fourth-order valence-corrected chi connectivity index (χ4v) is 3.17. The first-order valence-corrected chi connectivity index (χ1v) is 8.94. The number of aryl methyl sites for hydroxylation is 2. The standard InChI is InChI=1S/C21H19NO6/c1-3-13-8-20(24)28-21-12(2)16(7-5-15(13)21)25-10-19(23)22-14-4-6-17-18(9-14)27-11-26-17/h4-9H,3,10-11H2,1-2H3,(H,22,23). The van der Waals surface area contributed by atoms with E-state index in [1.807, 2.05) is 13.0 Å². The smallest absolute Gasteiger partial charge is 0.336 e. The highest BCUT2D eigenvalue weighted by molar-refractivity contribution is 5.92. The maximum absolute atomic E-state index is 12.2. The van der Waals surface area contributed by atoms with E-state index in [0.717, 1.165) is 17.4 Å². The van der Waals surface area contributed by atoms with Crippen LogP contribution in [0.3, 0.4) is 0 Å². The molecule has 0 unspecified atom stereocenters. The van der Waals surface area contributed by atoms with Gasteiger partial charge < -0.3 is 23.9 Å². The first-order valence-electron chi connectivity index (χ1n) is 8.94. The molecule has 0 saturated carbocycles. The molecule has 7 heteroatoms. The van der Waals surface area contributed by atoms with E-state index in [1.165, 1.54) is 6.07 Å². The quantitative estimate of drug-likeness (QED) is 0.682. The lowest BCUT2D eigenvalue weighted by molar-refractivity contribution is -0.118. The molecule has 1 aliphatic rings. The molecule has 0 saturated heterocycles. The normalized spacial score (nSPS) is 12.2. The number of amides is 1. The van der Waals surface area contributed by atoms with Gasteiger partial charge in [0.2, 0.25) is 6.79 Å². The van der Waals surface area contributed by atoms with Gasteiger partial charge in [-0.25, -0.2) is 4.79 Å². The van der Waals surface area contributed by atoms with Gasteiger partial charge in [0, 0.05) is 28.8 Å². The number of ether oxygens (including phenoxy) is 3. The van der Waals surface area contributed by atoms with Crippen LogP contribution in [0.2, 0.25) is 0 Å². The third kappa shape index (κ3) is 3.38. The summed E-state index contributed by atoms with van der Waals surface area (Å²) in [6, 6.07) is 10.3. The van der Waals surface area contributed by atoms with Crippen LogP contribution < -0.4 is 25.2 Å². The minimum Gasteiger partial charge on any atom is -0.483 e. The Morgan fingerprint density at radius 2 is 1.96 bits per heavy atom. The topological polar surface area (TPSA) is 87.0 Å². The molecule has 0 aliphatic carbocycles. The Bertz CT molecular complexity index is 1120. The van der Waals surface area contributed by atoms with E-state index in [1.54, 1.807) is 31.2 Å². The molecule has 4 rings (SSSR count). The molecule has 1 aromatic heterocycles. The molecule has 28 heavy (non-hydrogen) atoms. The van der Waals surface area contributed by atoms with E-state index in [2.05, 4.69) is 5.32 Å². The van der Waals surface area contributed by atoms with Crippen LogP contribution in [0.15, 0.2) is 45.6 Å². The zero-order valence-electron chi connectivity index (χ0n) is 15.5. The summed E-state index contributed by atoms with van der Waals surface area (Å²) in [6.07, 6.45) is 0.722. The number of carbonyl (C=O) groups excluding carboxylic acids is 1. The molecule has 0 radical (unpaired) electrons. The van der Waals surface area contributed by atoms with Crippen molar-refractivity contribution in [2.45, 2.75) is 20.3 Å². The SMILES string of the molecule is CCc1cc(=O)oc2c(C)c(OCC(=O)Nc3ccc4c(c3)OCO4)ccc12. The monoisotopic (exact) mass is 381 g/mol. The Labute approximate surface area is 160 Å². The Hall–Kier alpha value is -3.48. The van der Waals surface area contributed by atoms with Gasteiger partial charge in [0.1, 0.15) is 11.3 Å². The van der Waals surface area contributed by atoms with Crippen molar-refractivity contribution in [3.63, 3.8) is 0 Å². The molecule has 2 aromatic carbocycles. The summed E-state index contributed by atoms with van der Waals surface area (Å²) in [4.78, 5) is 24.0. The molecule has 0 fully saturated rings. The van der Waals surface area contributed by atoms with Crippen LogP contribution in [0, 0.1) is 6.92 Å². The average Bonchev–Trinajstić information content (AvgIpc) is 3.15. The second-order valence-electron chi connectivity index (χ2n) is 6.41. The molecule has 7 nitrogen and oxygen atoms in total. The summed E-state index contributed by atoms with van der Waals surface area (Å²) in [5.74, 6) is 1.41. The molecule has 0 spiro atoms. The van der Waals surface area contributed by atoms with Crippen molar-refractivity contribution in [1.82, 2.24) is 0 Å². The summed E-state index contributed by atoms with van der Waals surface area (Å²) < 4.78 is 21.6. The van der Waals surface area contributed by atoms with Gasteiger partial charge in [0.25, 0.3) is 5.91 Å². The molecule has 1 N–H and O–H groups in total. The summed E-state index contributed by atoms with van der Waals surface area (Å²) in [5, 5.41) is 3.62. The van der Waals surface area contributed by atoms with Crippen molar-refractivity contribution in [2.24, 2.45) is 0 Å². The number of rotatable bonds is 5. The summed E-state index contributed by atoms with van der Waals surface area (Å²) in [6.45, 7) is 3.77. The Morgan fingerprint density at radius 1 is 1.14 bits per heavy atom. The van der Waals surface area contributed by atoms with E-state index in [0.29, 0.717) is 34.1 Å². The Balaban J connectivity index is 1.48. The molecular weight excluding hydrogens is 362 g/mol. The van der Waals surface area contributed by atoms with Crippen LogP contribution in [0.4, 0.5) is 5.69 Å². The molecule has 1 amide bonds. The van der Waals surface area contributed by atoms with Crippen LogP contribution in [-0.4, -0.2) is 19.3 Å². The molecule has 2 heterocycles. The summed E-state index contributed by atoms with van der Waals surface area (Å²) in [5.41, 5.74) is 2.28. The second kappa shape index (κ2) is 7.26. The maximum Gasteiger partial charge on any atom is 0.336 e. The van der Waals surface area contributed by atoms with Gasteiger partial charge in [-0.3, -0.25) is 4.79 Å². The molecular formula is C21H19NO6. The average molecular weight is 381 g/mol. The largest absolute Gasteiger partial charge is 0.483 e. The first kappa shape index (κ1) is 17.9. The van der Waals surface area contributed by atoms with Crippen molar-refractivity contribution in [2.75, 3.05) is 18.7 Å². The minimum atomic E-state index is -0.398. The van der Waals surface area contributed by atoms with Gasteiger partial charge in [0.05, 0.1) is 0 Å². The van der Waals surface area contributed by atoms with Crippen molar-refractivity contribution in [1.29, 1.82) is 0 Å². The predicted octanol–water partition coefficient (Wildman–Crippen LogP) is 3.41. The van der Waals surface area contributed by atoms with Crippen LogP contribution in [0.1, 0.15) is 18.1 Å². The first-order chi connectivity index (χ1) is 13.5. The van der Waals surface area contributed by atoms with Gasteiger partial charge in [-0.05, 0) is 43.2 Å². The Morgan fingerprint density at radius 3 is 2.79 bits per heavy atom. The predicted molar refractivity (Wildman–Crippen MR) is 103 cm³/mol. The van der Waals surface area contributed by atoms with Gasteiger partial charge in [-0.1, -0.05) is 6.92 Å². The number of anilines is 1. The number of hydrogen-bond acceptors (Lipinski definition) is 6. The van der Waals surface area contributed by atoms with Crippen molar-refractivity contribution >= 4 is 22.6 Å². The zero-order valence-corrected chi connectivity index (χ0v) is 15.5. The zero-order chi connectivity index (χ0) is 19.7.